The van der Waals surface area contributed by atoms with Crippen molar-refractivity contribution in [2.75, 3.05) is 13.2 Å². The quantitative estimate of drug-likeness (QED) is 0.125. The van der Waals surface area contributed by atoms with Crippen molar-refractivity contribution >= 4 is 39.0 Å². The summed E-state index contributed by atoms with van der Waals surface area (Å²) in [7, 11) is 0. The van der Waals surface area contributed by atoms with Crippen LogP contribution in [-0.4, -0.2) is 19.2 Å². The fourth-order valence-corrected chi connectivity index (χ4v) is 5.94. The van der Waals surface area contributed by atoms with Gasteiger partial charge in [0, 0.05) is 21.7 Å². The van der Waals surface area contributed by atoms with E-state index >= 15 is 0 Å². The maximum absolute atomic E-state index is 13.0. The van der Waals surface area contributed by atoms with E-state index in [0.717, 1.165) is 28.5 Å². The summed E-state index contributed by atoms with van der Waals surface area (Å²) in [6.07, 6.45) is 1.95. The summed E-state index contributed by atoms with van der Waals surface area (Å²) in [5, 5.41) is 11.1. The molecule has 40 heavy (non-hydrogen) atoms. The summed E-state index contributed by atoms with van der Waals surface area (Å²) in [5.41, 5.74) is 7.97. The van der Waals surface area contributed by atoms with Gasteiger partial charge < -0.3 is 24.7 Å². The van der Waals surface area contributed by atoms with E-state index in [1.807, 2.05) is 49.4 Å². The Balaban J connectivity index is 1.47. The zero-order chi connectivity index (χ0) is 28.2. The zero-order valence-electron chi connectivity index (χ0n) is 22.0. The Morgan fingerprint density at radius 2 is 1.93 bits per heavy atom. The molecule has 2 N–H and O–H groups in total. The van der Waals surface area contributed by atoms with Crippen LogP contribution in [0.1, 0.15) is 53.4 Å². The van der Waals surface area contributed by atoms with E-state index in [9.17, 15) is 10.1 Å². The predicted octanol–water partition coefficient (Wildman–Crippen LogP) is 7.57. The Labute approximate surface area is 241 Å². The molecular formula is C31H27ClN2O5S. The largest absolute Gasteiger partial charge is 0.490 e. The summed E-state index contributed by atoms with van der Waals surface area (Å²) < 4.78 is 24.2. The predicted molar refractivity (Wildman–Crippen MR) is 156 cm³/mol. The molecule has 0 saturated heterocycles. The SMILES string of the molecule is CCCCOc1ccc(C2C(C#N)=C(N)Oc3cc(OC(=O)c4sc5ccccc5c4Cl)ccc32)cc1OCC. The molecular weight excluding hydrogens is 548 g/mol. The van der Waals surface area contributed by atoms with Gasteiger partial charge in [-0.25, -0.2) is 4.79 Å². The third-order valence-electron chi connectivity index (χ3n) is 6.48. The van der Waals surface area contributed by atoms with Crippen molar-refractivity contribution in [3.63, 3.8) is 0 Å². The number of ether oxygens (including phenoxy) is 4. The third kappa shape index (κ3) is 5.31. The first kappa shape index (κ1) is 27.4. The number of allylic oxidation sites excluding steroid dienone is 1. The molecule has 3 aromatic carbocycles. The highest BCUT2D eigenvalue weighted by molar-refractivity contribution is 7.21. The summed E-state index contributed by atoms with van der Waals surface area (Å²) in [4.78, 5) is 13.3. The number of esters is 1. The van der Waals surface area contributed by atoms with Crippen LogP contribution in [-0.2, 0) is 0 Å². The van der Waals surface area contributed by atoms with Gasteiger partial charge in [0.1, 0.15) is 28.0 Å². The second-order valence-corrected chi connectivity index (χ2v) is 10.5. The molecule has 5 rings (SSSR count). The number of unbranched alkanes of at least 4 members (excludes halogenated alkanes) is 1. The number of hydrogen-bond acceptors (Lipinski definition) is 8. The van der Waals surface area contributed by atoms with Crippen LogP contribution < -0.4 is 24.7 Å². The van der Waals surface area contributed by atoms with Crippen LogP contribution in [0.4, 0.5) is 0 Å². The molecule has 0 bridgehead atoms. The van der Waals surface area contributed by atoms with Crippen molar-refractivity contribution in [1.29, 1.82) is 5.26 Å². The maximum atomic E-state index is 13.0. The van der Waals surface area contributed by atoms with Crippen LogP contribution in [0.3, 0.4) is 0 Å². The monoisotopic (exact) mass is 574 g/mol. The Hall–Kier alpha value is -4.19. The number of nitrogens with two attached hydrogens (primary N) is 1. The van der Waals surface area contributed by atoms with E-state index in [1.54, 1.807) is 18.2 Å². The average molecular weight is 575 g/mol. The van der Waals surface area contributed by atoms with E-state index < -0.39 is 11.9 Å². The minimum absolute atomic E-state index is 0.0164. The highest BCUT2D eigenvalue weighted by atomic mass is 35.5. The molecule has 0 saturated carbocycles. The molecule has 1 atom stereocenters. The summed E-state index contributed by atoms with van der Waals surface area (Å²) >= 11 is 7.74. The number of thiophene rings is 1. The summed E-state index contributed by atoms with van der Waals surface area (Å²) in [6.45, 7) is 5.05. The molecule has 4 aromatic rings. The van der Waals surface area contributed by atoms with Crippen molar-refractivity contribution in [1.82, 2.24) is 0 Å². The number of rotatable bonds is 9. The molecule has 1 unspecified atom stereocenters. The van der Waals surface area contributed by atoms with Crippen molar-refractivity contribution in [2.24, 2.45) is 5.73 Å². The standard InChI is InChI=1S/C31H27ClN2O5S/c1-3-5-14-37-23-13-10-18(15-25(23)36-4-2)27-20-12-11-19(16-24(20)39-30(34)22(27)17-33)38-31(35)29-28(32)21-8-6-7-9-26(21)40-29/h6-13,15-16,27H,3-5,14,34H2,1-2H3. The molecule has 7 nitrogen and oxygen atoms in total. The lowest BCUT2D eigenvalue weighted by Gasteiger charge is -2.27. The van der Waals surface area contributed by atoms with Crippen molar-refractivity contribution < 1.29 is 23.7 Å². The van der Waals surface area contributed by atoms with Gasteiger partial charge in [-0.15, -0.1) is 11.3 Å². The minimum atomic E-state index is -0.570. The van der Waals surface area contributed by atoms with Gasteiger partial charge in [0.15, 0.2) is 11.5 Å². The molecule has 9 heteroatoms. The van der Waals surface area contributed by atoms with Crippen molar-refractivity contribution in [3.8, 4) is 29.1 Å². The Morgan fingerprint density at radius 1 is 1.10 bits per heavy atom. The van der Waals surface area contributed by atoms with Crippen LogP contribution in [0.2, 0.25) is 5.02 Å². The number of carbonyl (C=O) groups excluding carboxylic acids is 1. The second-order valence-electron chi connectivity index (χ2n) is 9.10. The Bertz CT molecular complexity index is 1660. The molecule has 1 aliphatic rings. The first-order valence-electron chi connectivity index (χ1n) is 12.9. The first-order valence-corrected chi connectivity index (χ1v) is 14.1. The number of nitrogens with zero attached hydrogens (tertiary/aromatic N) is 1. The molecule has 0 aliphatic carbocycles. The van der Waals surface area contributed by atoms with Crippen molar-refractivity contribution in [3.05, 3.63) is 93.1 Å². The zero-order valence-corrected chi connectivity index (χ0v) is 23.6. The number of nitriles is 1. The van der Waals surface area contributed by atoms with Crippen LogP contribution in [0, 0.1) is 11.3 Å². The summed E-state index contributed by atoms with van der Waals surface area (Å²) in [6, 6.07) is 20.3. The molecule has 0 radical (unpaired) electrons. The molecule has 2 heterocycles. The third-order valence-corrected chi connectivity index (χ3v) is 8.13. The lowest BCUT2D eigenvalue weighted by atomic mass is 9.83. The molecule has 1 aliphatic heterocycles. The highest BCUT2D eigenvalue weighted by Crippen LogP contribution is 2.45. The maximum Gasteiger partial charge on any atom is 0.355 e. The number of halogens is 1. The van der Waals surface area contributed by atoms with E-state index in [4.69, 9.17) is 36.3 Å². The Kier molecular flexibility index (Phi) is 8.15. The number of carbonyl (C=O) groups is 1. The fourth-order valence-electron chi connectivity index (χ4n) is 4.56. The van der Waals surface area contributed by atoms with Crippen molar-refractivity contribution in [2.45, 2.75) is 32.6 Å². The Morgan fingerprint density at radius 3 is 2.67 bits per heavy atom. The second kappa shape index (κ2) is 11.9. The van der Waals surface area contributed by atoms with E-state index in [1.165, 1.54) is 11.3 Å². The summed E-state index contributed by atoms with van der Waals surface area (Å²) in [5.74, 6) is 0.778. The average Bonchev–Trinajstić information content (AvgIpc) is 3.30. The fraction of sp³-hybridized carbons (Fsp3) is 0.226. The molecule has 204 valence electrons. The van der Waals surface area contributed by atoms with E-state index in [0.29, 0.717) is 45.9 Å². The van der Waals surface area contributed by atoms with Gasteiger partial charge in [-0.05, 0) is 43.2 Å². The molecule has 1 aromatic heterocycles. The first-order chi connectivity index (χ1) is 19.4. The van der Waals surface area contributed by atoms with Gasteiger partial charge in [-0.1, -0.05) is 55.3 Å². The molecule has 0 amide bonds. The van der Waals surface area contributed by atoms with E-state index in [-0.39, 0.29) is 17.2 Å². The van der Waals surface area contributed by atoms with Gasteiger partial charge in [-0.3, -0.25) is 0 Å². The van der Waals surface area contributed by atoms with Gasteiger partial charge in [0.05, 0.1) is 24.2 Å². The lowest BCUT2D eigenvalue weighted by Crippen LogP contribution is -2.21. The van der Waals surface area contributed by atoms with Crippen LogP contribution in [0.5, 0.6) is 23.0 Å². The number of hydrogen-bond donors (Lipinski definition) is 1. The highest BCUT2D eigenvalue weighted by Gasteiger charge is 2.32. The van der Waals surface area contributed by atoms with Gasteiger partial charge >= 0.3 is 5.97 Å². The van der Waals surface area contributed by atoms with Gasteiger partial charge in [0.2, 0.25) is 5.88 Å². The van der Waals surface area contributed by atoms with Crippen LogP contribution in [0.15, 0.2) is 72.1 Å². The molecule has 0 spiro atoms. The van der Waals surface area contributed by atoms with Crippen LogP contribution in [0.25, 0.3) is 10.1 Å². The number of fused-ring (bicyclic) bond motifs is 2. The van der Waals surface area contributed by atoms with Gasteiger partial charge in [0.25, 0.3) is 0 Å². The topological polar surface area (TPSA) is 104 Å². The lowest BCUT2D eigenvalue weighted by molar-refractivity contribution is 0.0740. The van der Waals surface area contributed by atoms with Crippen LogP contribution >= 0.6 is 22.9 Å². The smallest absolute Gasteiger partial charge is 0.355 e. The van der Waals surface area contributed by atoms with Gasteiger partial charge in [-0.2, -0.15) is 5.26 Å². The number of benzene rings is 3. The van der Waals surface area contributed by atoms with E-state index in [2.05, 4.69) is 13.0 Å². The minimum Gasteiger partial charge on any atom is -0.490 e. The molecule has 0 fully saturated rings. The normalized spacial score (nSPS) is 14.3.